The van der Waals surface area contributed by atoms with Gasteiger partial charge in [-0.05, 0) is 55.2 Å². The summed E-state index contributed by atoms with van der Waals surface area (Å²) in [4.78, 5) is 12.0. The van der Waals surface area contributed by atoms with E-state index in [4.69, 9.17) is 5.14 Å². The normalized spacial score (nSPS) is 11.2. The van der Waals surface area contributed by atoms with Gasteiger partial charge in [0.05, 0.1) is 4.90 Å². The smallest absolute Gasteiger partial charge is 0.238 e. The van der Waals surface area contributed by atoms with Crippen LogP contribution in [0.3, 0.4) is 0 Å². The zero-order valence-corrected chi connectivity index (χ0v) is 15.9. The Morgan fingerprint density at radius 1 is 1.04 bits per heavy atom. The second-order valence-corrected chi connectivity index (χ2v) is 7.77. The van der Waals surface area contributed by atoms with Crippen molar-refractivity contribution in [1.82, 2.24) is 5.32 Å². The minimum atomic E-state index is -3.67. The quantitative estimate of drug-likeness (QED) is 0.658. The van der Waals surface area contributed by atoms with Gasteiger partial charge >= 0.3 is 0 Å². The fourth-order valence-corrected chi connectivity index (χ4v) is 3.05. The molecule has 0 heterocycles. The van der Waals surface area contributed by atoms with Crippen LogP contribution < -0.4 is 15.8 Å². The predicted octanol–water partition coefficient (Wildman–Crippen LogP) is 2.11. The Hall–Kier alpha value is -2.38. The number of nitrogens with two attached hydrogens (primary N) is 1. The van der Waals surface area contributed by atoms with Crippen LogP contribution in [-0.2, 0) is 21.2 Å². The minimum absolute atomic E-state index is 0.0241. The van der Waals surface area contributed by atoms with Crippen molar-refractivity contribution in [3.8, 4) is 0 Å². The first-order chi connectivity index (χ1) is 12.3. The van der Waals surface area contributed by atoms with Gasteiger partial charge in [-0.3, -0.25) is 4.79 Å². The van der Waals surface area contributed by atoms with E-state index in [1.165, 1.54) is 23.3 Å². The van der Waals surface area contributed by atoms with E-state index < -0.39 is 10.0 Å². The van der Waals surface area contributed by atoms with Gasteiger partial charge in [0.25, 0.3) is 0 Å². The molecule has 0 atom stereocenters. The molecule has 0 saturated carbocycles. The molecule has 0 aliphatic carbocycles. The fourth-order valence-electron chi connectivity index (χ4n) is 2.53. The standard InChI is InChI=1S/C19H25N3O3S/c1-14-4-3-5-18(15(14)2)21-13-11-19(23)22-12-10-16-6-8-17(9-7-16)26(20,24)25/h3-9,21H,10-13H2,1-2H3,(H,22,23)(H2,20,24,25). The molecule has 6 nitrogen and oxygen atoms in total. The molecule has 2 aromatic rings. The highest BCUT2D eigenvalue weighted by Gasteiger charge is 2.07. The monoisotopic (exact) mass is 375 g/mol. The van der Waals surface area contributed by atoms with Crippen molar-refractivity contribution in [2.75, 3.05) is 18.4 Å². The molecule has 0 spiro atoms. The van der Waals surface area contributed by atoms with E-state index >= 15 is 0 Å². The Labute approximate surface area is 154 Å². The molecule has 0 aliphatic heterocycles. The van der Waals surface area contributed by atoms with Crippen LogP contribution in [0.5, 0.6) is 0 Å². The second kappa shape index (κ2) is 8.82. The molecule has 0 aliphatic rings. The Morgan fingerprint density at radius 3 is 2.38 bits per heavy atom. The maximum atomic E-state index is 11.9. The van der Waals surface area contributed by atoms with Gasteiger partial charge < -0.3 is 10.6 Å². The van der Waals surface area contributed by atoms with Crippen LogP contribution in [0.2, 0.25) is 0 Å². The predicted molar refractivity (Wildman–Crippen MR) is 104 cm³/mol. The largest absolute Gasteiger partial charge is 0.384 e. The first-order valence-corrected chi connectivity index (χ1v) is 10.0. The van der Waals surface area contributed by atoms with E-state index in [9.17, 15) is 13.2 Å². The maximum absolute atomic E-state index is 11.9. The average Bonchev–Trinajstić information content (AvgIpc) is 2.58. The summed E-state index contributed by atoms with van der Waals surface area (Å²) in [5, 5.41) is 11.2. The number of hydrogen-bond donors (Lipinski definition) is 3. The van der Waals surface area contributed by atoms with Crippen molar-refractivity contribution in [2.24, 2.45) is 5.14 Å². The van der Waals surface area contributed by atoms with Gasteiger partial charge in [0.15, 0.2) is 0 Å². The molecule has 140 valence electrons. The summed E-state index contributed by atoms with van der Waals surface area (Å²) >= 11 is 0. The van der Waals surface area contributed by atoms with Crippen LogP contribution in [0.1, 0.15) is 23.1 Å². The van der Waals surface area contributed by atoms with E-state index in [1.54, 1.807) is 12.1 Å². The zero-order chi connectivity index (χ0) is 19.2. The topological polar surface area (TPSA) is 101 Å². The van der Waals surface area contributed by atoms with E-state index in [1.807, 2.05) is 12.1 Å². The molecule has 0 unspecified atom stereocenters. The van der Waals surface area contributed by atoms with E-state index in [2.05, 4.69) is 30.5 Å². The highest BCUT2D eigenvalue weighted by Crippen LogP contribution is 2.17. The van der Waals surface area contributed by atoms with E-state index in [-0.39, 0.29) is 10.8 Å². The molecule has 2 rings (SSSR count). The van der Waals surface area contributed by atoms with Crippen molar-refractivity contribution < 1.29 is 13.2 Å². The second-order valence-electron chi connectivity index (χ2n) is 6.21. The van der Waals surface area contributed by atoms with Crippen molar-refractivity contribution in [3.05, 3.63) is 59.2 Å². The van der Waals surface area contributed by atoms with Gasteiger partial charge in [0, 0.05) is 25.2 Å². The number of amides is 1. The van der Waals surface area contributed by atoms with Crippen molar-refractivity contribution >= 4 is 21.6 Å². The molecule has 0 aromatic heterocycles. The number of rotatable bonds is 8. The molecule has 0 radical (unpaired) electrons. The molecule has 0 saturated heterocycles. The lowest BCUT2D eigenvalue weighted by Crippen LogP contribution is -2.27. The van der Waals surface area contributed by atoms with Gasteiger partial charge in [0.1, 0.15) is 0 Å². The van der Waals surface area contributed by atoms with Gasteiger partial charge in [-0.1, -0.05) is 24.3 Å². The Morgan fingerprint density at radius 2 is 1.73 bits per heavy atom. The first kappa shape index (κ1) is 19.9. The maximum Gasteiger partial charge on any atom is 0.238 e. The number of carbonyl (C=O) groups excluding carboxylic acids is 1. The number of hydrogen-bond acceptors (Lipinski definition) is 4. The average molecular weight is 375 g/mol. The van der Waals surface area contributed by atoms with Gasteiger partial charge in [-0.25, -0.2) is 13.6 Å². The third-order valence-corrected chi connectivity index (χ3v) is 5.19. The number of sulfonamides is 1. The van der Waals surface area contributed by atoms with Crippen LogP contribution in [0, 0.1) is 13.8 Å². The lowest BCUT2D eigenvalue weighted by Gasteiger charge is -2.11. The summed E-state index contributed by atoms with van der Waals surface area (Å²) in [7, 11) is -3.67. The third-order valence-electron chi connectivity index (χ3n) is 4.26. The number of primary sulfonamides is 1. The zero-order valence-electron chi connectivity index (χ0n) is 15.1. The summed E-state index contributed by atoms with van der Waals surface area (Å²) in [6.45, 7) is 5.18. The lowest BCUT2D eigenvalue weighted by atomic mass is 10.1. The van der Waals surface area contributed by atoms with Gasteiger partial charge in [-0.15, -0.1) is 0 Å². The van der Waals surface area contributed by atoms with Crippen molar-refractivity contribution in [1.29, 1.82) is 0 Å². The van der Waals surface area contributed by atoms with E-state index in [0.29, 0.717) is 25.9 Å². The molecule has 0 fully saturated rings. The van der Waals surface area contributed by atoms with E-state index in [0.717, 1.165) is 11.3 Å². The van der Waals surface area contributed by atoms with Crippen LogP contribution in [-0.4, -0.2) is 27.4 Å². The van der Waals surface area contributed by atoms with Crippen LogP contribution in [0.15, 0.2) is 47.4 Å². The highest BCUT2D eigenvalue weighted by molar-refractivity contribution is 7.89. The Bertz CT molecular complexity index is 862. The molecular formula is C19H25N3O3S. The van der Waals surface area contributed by atoms with Crippen molar-refractivity contribution in [3.63, 3.8) is 0 Å². The molecule has 26 heavy (non-hydrogen) atoms. The van der Waals surface area contributed by atoms with Crippen molar-refractivity contribution in [2.45, 2.75) is 31.6 Å². The highest BCUT2D eigenvalue weighted by atomic mass is 32.2. The molecular weight excluding hydrogens is 350 g/mol. The molecule has 1 amide bonds. The number of carbonyl (C=O) groups is 1. The molecule has 2 aromatic carbocycles. The van der Waals surface area contributed by atoms with Crippen LogP contribution >= 0.6 is 0 Å². The number of anilines is 1. The van der Waals surface area contributed by atoms with Crippen LogP contribution in [0.4, 0.5) is 5.69 Å². The SMILES string of the molecule is Cc1cccc(NCCC(=O)NCCc2ccc(S(N)(=O)=O)cc2)c1C. The summed E-state index contributed by atoms with van der Waals surface area (Å²) < 4.78 is 22.4. The Balaban J connectivity index is 1.71. The molecule has 4 N–H and O–H groups in total. The Kier molecular flexibility index (Phi) is 6.76. The van der Waals surface area contributed by atoms with Gasteiger partial charge in [-0.2, -0.15) is 0 Å². The third kappa shape index (κ3) is 5.86. The summed E-state index contributed by atoms with van der Waals surface area (Å²) in [6, 6.07) is 12.4. The van der Waals surface area contributed by atoms with Crippen LogP contribution in [0.25, 0.3) is 0 Å². The fraction of sp³-hybridized carbons (Fsp3) is 0.316. The minimum Gasteiger partial charge on any atom is -0.384 e. The van der Waals surface area contributed by atoms with Gasteiger partial charge in [0.2, 0.25) is 15.9 Å². The summed E-state index contributed by atoms with van der Waals surface area (Å²) in [5.41, 5.74) is 4.39. The molecule has 0 bridgehead atoms. The molecule has 7 heteroatoms. The number of benzene rings is 2. The first-order valence-electron chi connectivity index (χ1n) is 8.46. The summed E-state index contributed by atoms with van der Waals surface area (Å²) in [5.74, 6) is -0.0241. The lowest BCUT2D eigenvalue weighted by molar-refractivity contribution is -0.120. The number of aryl methyl sites for hydroxylation is 1. The number of nitrogens with one attached hydrogen (secondary N) is 2. The summed E-state index contributed by atoms with van der Waals surface area (Å²) in [6.07, 6.45) is 1.01.